The first kappa shape index (κ1) is 19.5. The Morgan fingerprint density at radius 3 is 2.67 bits per heavy atom. The standard InChI is InChI=1S/C15H23F2N3O2S2/c1-4-22-13(21)10-8-20(3)15(23-5-6-24-15)12(10)11(18)7-9(2)19-14(16)17/h7,10,12,14H,4-6,8,18H2,1-3H3/p+1/b11-7-,19-9+/t10-,12-/m0/s1. The van der Waals surface area contributed by atoms with Crippen molar-refractivity contribution in [1.82, 2.24) is 4.90 Å². The average Bonchev–Trinajstić information content (AvgIpc) is 3.06. The van der Waals surface area contributed by atoms with Crippen LogP contribution < -0.4 is 10.7 Å². The number of carbonyl (C=O) groups is 1. The summed E-state index contributed by atoms with van der Waals surface area (Å²) in [7, 11) is 1.97. The van der Waals surface area contributed by atoms with Gasteiger partial charge in [-0.15, -0.1) is 32.3 Å². The lowest BCUT2D eigenvalue weighted by Crippen LogP contribution is -2.76. The zero-order valence-corrected chi connectivity index (χ0v) is 15.7. The first-order valence-corrected chi connectivity index (χ1v) is 9.80. The Labute approximate surface area is 149 Å². The van der Waals surface area contributed by atoms with Crippen LogP contribution in [0.2, 0.25) is 0 Å². The van der Waals surface area contributed by atoms with Crippen LogP contribution in [0.3, 0.4) is 0 Å². The van der Waals surface area contributed by atoms with Gasteiger partial charge in [0.05, 0.1) is 18.4 Å². The van der Waals surface area contributed by atoms with Gasteiger partial charge in [0, 0.05) is 36.7 Å². The number of thioether (sulfide) groups is 2. The van der Waals surface area contributed by atoms with Gasteiger partial charge in [-0.1, -0.05) is 0 Å². The highest BCUT2D eigenvalue weighted by atomic mass is 32.2. The summed E-state index contributed by atoms with van der Waals surface area (Å²) in [5, 5.41) is 0. The molecule has 0 aromatic rings. The van der Waals surface area contributed by atoms with Gasteiger partial charge in [-0.3, -0.25) is 9.69 Å². The molecule has 136 valence electrons. The number of halogens is 2. The molecule has 0 amide bonds. The van der Waals surface area contributed by atoms with E-state index < -0.39 is 12.5 Å². The summed E-state index contributed by atoms with van der Waals surface area (Å²) in [4.78, 5) is 16.6. The lowest BCUT2D eigenvalue weighted by molar-refractivity contribution is -0.572. The number of hydrogen-bond donors (Lipinski definition) is 2. The fourth-order valence-corrected chi connectivity index (χ4v) is 6.93. The molecule has 2 atom stereocenters. The Bertz CT molecular complexity index is 537. The van der Waals surface area contributed by atoms with Crippen molar-refractivity contribution in [1.29, 1.82) is 0 Å². The van der Waals surface area contributed by atoms with Crippen molar-refractivity contribution < 1.29 is 23.3 Å². The fraction of sp³-hybridized carbons (Fsp3) is 0.733. The Morgan fingerprint density at radius 1 is 1.50 bits per heavy atom. The van der Waals surface area contributed by atoms with E-state index in [0.29, 0.717) is 18.8 Å². The van der Waals surface area contributed by atoms with Crippen LogP contribution in [0.15, 0.2) is 11.8 Å². The molecular formula is C15H24F2N3O2S2+. The monoisotopic (exact) mass is 380 g/mol. The van der Waals surface area contributed by atoms with Crippen LogP contribution in [-0.4, -0.2) is 59.0 Å². The van der Waals surface area contributed by atoms with Crippen molar-refractivity contribution in [3.63, 3.8) is 0 Å². The molecule has 0 saturated carbocycles. The maximum atomic E-state index is 12.5. The van der Waals surface area contributed by atoms with Crippen molar-refractivity contribution >= 4 is 35.2 Å². The summed E-state index contributed by atoms with van der Waals surface area (Å²) < 4.78 is 29.8. The third kappa shape index (κ3) is 3.88. The normalized spacial score (nSPS) is 28.1. The number of hydrogen-bond acceptors (Lipinski definition) is 6. The minimum Gasteiger partial charge on any atom is -0.466 e. The van der Waals surface area contributed by atoms with Crippen LogP contribution in [0, 0.1) is 11.8 Å². The molecule has 0 aromatic carbocycles. The largest absolute Gasteiger partial charge is 0.466 e. The number of carbonyl (C=O) groups excluding carboxylic acids is 1. The van der Waals surface area contributed by atoms with Gasteiger partial charge >= 0.3 is 12.5 Å². The summed E-state index contributed by atoms with van der Waals surface area (Å²) in [6.45, 7) is 1.51. The van der Waals surface area contributed by atoms with Gasteiger partial charge < -0.3 is 10.5 Å². The van der Waals surface area contributed by atoms with Gasteiger partial charge in [0.25, 0.3) is 0 Å². The van der Waals surface area contributed by atoms with Crippen LogP contribution in [0.4, 0.5) is 8.78 Å². The van der Waals surface area contributed by atoms with E-state index in [2.05, 4.69) is 4.90 Å². The van der Waals surface area contributed by atoms with E-state index in [9.17, 15) is 13.6 Å². The summed E-state index contributed by atoms with van der Waals surface area (Å²) in [6, 6.07) is 0. The summed E-state index contributed by atoms with van der Waals surface area (Å²) in [5.41, 5.74) is 7.01. The van der Waals surface area contributed by atoms with Gasteiger partial charge in [0.15, 0.2) is 5.71 Å². The second kappa shape index (κ2) is 8.05. The summed E-state index contributed by atoms with van der Waals surface area (Å²) in [6.07, 6.45) is 1.52. The van der Waals surface area contributed by atoms with E-state index in [1.54, 1.807) is 37.4 Å². The van der Waals surface area contributed by atoms with E-state index in [1.807, 2.05) is 12.0 Å². The summed E-state index contributed by atoms with van der Waals surface area (Å²) in [5.74, 6) is 0.964. The highest BCUT2D eigenvalue weighted by Gasteiger charge is 2.58. The molecule has 2 aliphatic heterocycles. The molecule has 0 bridgehead atoms. The molecule has 0 unspecified atom stereocenters. The second-order valence-corrected chi connectivity index (χ2v) is 8.71. The minimum absolute atomic E-state index is 0.280. The van der Waals surface area contributed by atoms with Crippen molar-refractivity contribution in [2.75, 3.05) is 31.7 Å². The molecular weight excluding hydrogens is 356 g/mol. The highest BCUT2D eigenvalue weighted by Crippen LogP contribution is 2.58. The minimum atomic E-state index is -2.65. The number of alkyl halides is 2. The van der Waals surface area contributed by atoms with Crippen molar-refractivity contribution in [3.05, 3.63) is 11.8 Å². The lowest BCUT2D eigenvalue weighted by Gasteiger charge is -2.35. The molecule has 2 rings (SSSR count). The van der Waals surface area contributed by atoms with Crippen molar-refractivity contribution in [2.24, 2.45) is 17.6 Å². The van der Waals surface area contributed by atoms with Crippen LogP contribution in [0.25, 0.3) is 0 Å². The first-order valence-electron chi connectivity index (χ1n) is 7.83. The maximum Gasteiger partial charge on any atom is 0.444 e. The molecule has 2 heterocycles. The van der Waals surface area contributed by atoms with Crippen LogP contribution in [0.5, 0.6) is 0 Å². The van der Waals surface area contributed by atoms with Crippen LogP contribution >= 0.6 is 23.5 Å². The fourth-order valence-electron chi connectivity index (χ4n) is 3.29. The number of nitrogens with two attached hydrogens (primary N) is 1. The van der Waals surface area contributed by atoms with Gasteiger partial charge in [-0.25, -0.2) is 0 Å². The van der Waals surface area contributed by atoms with Crippen LogP contribution in [0.1, 0.15) is 13.8 Å². The lowest BCUT2D eigenvalue weighted by atomic mass is 9.92. The van der Waals surface area contributed by atoms with Gasteiger partial charge in [0.1, 0.15) is 4.20 Å². The van der Waals surface area contributed by atoms with Crippen molar-refractivity contribution in [3.8, 4) is 0 Å². The topological polar surface area (TPSA) is 69.5 Å². The zero-order valence-electron chi connectivity index (χ0n) is 14.1. The average molecular weight is 381 g/mol. The van der Waals surface area contributed by atoms with Gasteiger partial charge in [-0.05, 0) is 14.0 Å². The third-order valence-corrected chi connectivity index (χ3v) is 7.91. The third-order valence-electron chi connectivity index (χ3n) is 4.17. The molecule has 0 aliphatic carbocycles. The van der Waals surface area contributed by atoms with E-state index in [4.69, 9.17) is 10.5 Å². The number of allylic oxidation sites excluding steroid dienone is 1. The molecule has 1 spiro atoms. The molecule has 9 heteroatoms. The van der Waals surface area contributed by atoms with Gasteiger partial charge in [-0.2, -0.15) is 4.99 Å². The SMILES string of the molecule is CCOC(=O)[C@H]1CN(C)C2(SCCS2)[C@@H]1/C(N)=C/C(C)=[NH+]/C(F)F. The Kier molecular flexibility index (Phi) is 6.55. The molecule has 2 fully saturated rings. The number of likely N-dealkylation sites (tertiary alicyclic amines) is 1. The molecule has 2 aliphatic rings. The number of ether oxygens (including phenoxy) is 1. The quantitative estimate of drug-likeness (QED) is 0.411. The Morgan fingerprint density at radius 2 is 2.12 bits per heavy atom. The predicted octanol–water partition coefficient (Wildman–Crippen LogP) is 0.468. The predicted molar refractivity (Wildman–Crippen MR) is 93.8 cm³/mol. The summed E-state index contributed by atoms with van der Waals surface area (Å²) >= 11 is 3.52. The van der Waals surface area contributed by atoms with Crippen molar-refractivity contribution in [2.45, 2.75) is 24.6 Å². The number of rotatable bonds is 5. The first-order chi connectivity index (χ1) is 11.3. The van der Waals surface area contributed by atoms with Crippen LogP contribution in [-0.2, 0) is 9.53 Å². The Hall–Kier alpha value is -0.800. The number of esters is 1. The number of nitrogens with one attached hydrogen (secondary N) is 1. The van der Waals surface area contributed by atoms with E-state index in [1.165, 1.54) is 6.08 Å². The number of nitrogens with zero attached hydrogens (tertiary/aromatic N) is 1. The molecule has 24 heavy (non-hydrogen) atoms. The molecule has 0 radical (unpaired) electrons. The molecule has 3 N–H and O–H groups in total. The molecule has 2 saturated heterocycles. The molecule has 5 nitrogen and oxygen atoms in total. The molecule has 0 aromatic heterocycles. The smallest absolute Gasteiger partial charge is 0.444 e. The van der Waals surface area contributed by atoms with Gasteiger partial charge in [0.2, 0.25) is 0 Å². The maximum absolute atomic E-state index is 12.5. The Balaban J connectivity index is 2.37. The second-order valence-electron chi connectivity index (χ2n) is 5.82. The van der Waals surface area contributed by atoms with E-state index in [0.717, 1.165) is 11.5 Å². The van der Waals surface area contributed by atoms with E-state index in [-0.39, 0.29) is 21.8 Å². The zero-order chi connectivity index (χ0) is 17.9. The highest BCUT2D eigenvalue weighted by molar-refractivity contribution is 8.21. The van der Waals surface area contributed by atoms with E-state index >= 15 is 0 Å².